The topological polar surface area (TPSA) is 80.9 Å². The normalized spacial score (nSPS) is 11.0. The van der Waals surface area contributed by atoms with Crippen LogP contribution in [0.15, 0.2) is 48.5 Å². The average molecular weight is 266 g/mol. The van der Waals surface area contributed by atoms with Crippen LogP contribution >= 0.6 is 0 Å². The van der Waals surface area contributed by atoms with Crippen molar-refractivity contribution in [2.45, 2.75) is 0 Å². The summed E-state index contributed by atoms with van der Waals surface area (Å²) in [6.07, 6.45) is 0. The predicted octanol–water partition coefficient (Wildman–Crippen LogP) is -0.647. The first-order chi connectivity index (χ1) is 9.56. The van der Waals surface area contributed by atoms with Crippen LogP contribution in [0.25, 0.3) is 21.5 Å². The van der Waals surface area contributed by atoms with E-state index in [1.54, 1.807) is 30.3 Å². The lowest BCUT2D eigenvalue weighted by Gasteiger charge is -2.08. The summed E-state index contributed by atoms with van der Waals surface area (Å²) < 4.78 is 0. The maximum atomic E-state index is 9.26. The third-order valence-electron chi connectivity index (χ3n) is 3.48. The molecule has 0 bridgehead atoms. The summed E-state index contributed by atoms with van der Waals surface area (Å²) in [5.41, 5.74) is 0.853. The maximum absolute atomic E-state index is 9.26. The van der Waals surface area contributed by atoms with Gasteiger partial charge in [-0.15, -0.1) is 0 Å². The lowest BCUT2D eigenvalue weighted by atomic mass is 9.77. The monoisotopic (exact) mass is 266 g/mol. The van der Waals surface area contributed by atoms with Crippen molar-refractivity contribution >= 4 is 46.7 Å². The van der Waals surface area contributed by atoms with E-state index < -0.39 is 14.2 Å². The molecule has 20 heavy (non-hydrogen) atoms. The van der Waals surface area contributed by atoms with Crippen molar-refractivity contribution in [1.29, 1.82) is 0 Å². The van der Waals surface area contributed by atoms with Gasteiger partial charge in [-0.1, -0.05) is 48.5 Å². The van der Waals surface area contributed by atoms with E-state index in [-0.39, 0.29) is 0 Å². The Morgan fingerprint density at radius 3 is 1.80 bits per heavy atom. The van der Waals surface area contributed by atoms with Gasteiger partial charge in [0.2, 0.25) is 0 Å². The van der Waals surface area contributed by atoms with Crippen molar-refractivity contribution in [3.63, 3.8) is 0 Å². The number of hydrogen-bond acceptors (Lipinski definition) is 4. The van der Waals surface area contributed by atoms with Crippen molar-refractivity contribution in [2.75, 3.05) is 0 Å². The molecule has 3 aromatic carbocycles. The van der Waals surface area contributed by atoms with Gasteiger partial charge in [-0.05, 0) is 32.5 Å². The van der Waals surface area contributed by atoms with E-state index in [1.165, 1.54) is 0 Å². The summed E-state index contributed by atoms with van der Waals surface area (Å²) in [5.74, 6) is 0. The Balaban J connectivity index is 2.30. The SMILES string of the molecule is OB(O)c1ccc2c(ccc3ccc(B(O)O)cc32)c1. The highest BCUT2D eigenvalue weighted by molar-refractivity contribution is 6.59. The van der Waals surface area contributed by atoms with E-state index in [0.717, 1.165) is 21.5 Å². The van der Waals surface area contributed by atoms with Crippen LogP contribution in [-0.4, -0.2) is 34.3 Å². The molecule has 0 amide bonds. The van der Waals surface area contributed by atoms with Gasteiger partial charge in [-0.3, -0.25) is 0 Å². The van der Waals surface area contributed by atoms with Crippen molar-refractivity contribution in [1.82, 2.24) is 0 Å². The highest BCUT2D eigenvalue weighted by Gasteiger charge is 2.14. The van der Waals surface area contributed by atoms with Crippen LogP contribution in [0.5, 0.6) is 0 Å². The molecule has 0 radical (unpaired) electrons. The van der Waals surface area contributed by atoms with E-state index in [0.29, 0.717) is 10.9 Å². The van der Waals surface area contributed by atoms with Gasteiger partial charge in [0, 0.05) is 0 Å². The Labute approximate surface area is 116 Å². The smallest absolute Gasteiger partial charge is 0.423 e. The molecule has 0 aliphatic rings. The Kier molecular flexibility index (Phi) is 3.23. The molecule has 0 aliphatic carbocycles. The summed E-state index contributed by atoms with van der Waals surface area (Å²) in [7, 11) is -3.01. The Morgan fingerprint density at radius 2 is 1.10 bits per heavy atom. The van der Waals surface area contributed by atoms with Gasteiger partial charge in [-0.2, -0.15) is 0 Å². The molecule has 4 N–H and O–H groups in total. The van der Waals surface area contributed by atoms with Gasteiger partial charge in [0.15, 0.2) is 0 Å². The lowest BCUT2D eigenvalue weighted by Crippen LogP contribution is -2.29. The van der Waals surface area contributed by atoms with Crippen molar-refractivity contribution < 1.29 is 20.1 Å². The number of rotatable bonds is 2. The van der Waals surface area contributed by atoms with Crippen LogP contribution in [-0.2, 0) is 0 Å². The second-order valence-electron chi connectivity index (χ2n) is 4.77. The Hall–Kier alpha value is -1.85. The van der Waals surface area contributed by atoms with Crippen LogP contribution in [0.4, 0.5) is 0 Å². The van der Waals surface area contributed by atoms with Gasteiger partial charge in [0.1, 0.15) is 0 Å². The third kappa shape index (κ3) is 2.19. The quantitative estimate of drug-likeness (QED) is 0.367. The fourth-order valence-electron chi connectivity index (χ4n) is 2.42. The fourth-order valence-corrected chi connectivity index (χ4v) is 2.42. The molecule has 0 heterocycles. The van der Waals surface area contributed by atoms with Crippen molar-refractivity contribution in [3.05, 3.63) is 48.5 Å². The molecule has 98 valence electrons. The van der Waals surface area contributed by atoms with Crippen LogP contribution in [0.3, 0.4) is 0 Å². The zero-order chi connectivity index (χ0) is 14.3. The van der Waals surface area contributed by atoms with Gasteiger partial charge in [0.25, 0.3) is 0 Å². The molecule has 0 fully saturated rings. The molecular weight excluding hydrogens is 254 g/mol. The molecule has 0 saturated heterocycles. The van der Waals surface area contributed by atoms with E-state index in [9.17, 15) is 20.1 Å². The predicted molar refractivity (Wildman–Crippen MR) is 81.1 cm³/mol. The summed E-state index contributed by atoms with van der Waals surface area (Å²) in [6, 6.07) is 14.2. The van der Waals surface area contributed by atoms with Gasteiger partial charge < -0.3 is 20.1 Å². The van der Waals surface area contributed by atoms with Crippen LogP contribution in [0.2, 0.25) is 0 Å². The van der Waals surface area contributed by atoms with E-state index in [2.05, 4.69) is 0 Å². The van der Waals surface area contributed by atoms with Gasteiger partial charge >= 0.3 is 14.2 Å². The van der Waals surface area contributed by atoms with Gasteiger partial charge in [-0.25, -0.2) is 0 Å². The molecule has 4 nitrogen and oxygen atoms in total. The average Bonchev–Trinajstić information content (AvgIpc) is 2.45. The second-order valence-corrected chi connectivity index (χ2v) is 4.77. The maximum Gasteiger partial charge on any atom is 0.488 e. The summed E-state index contributed by atoms with van der Waals surface area (Å²) in [6.45, 7) is 0. The minimum absolute atomic E-state index is 0.426. The summed E-state index contributed by atoms with van der Waals surface area (Å²) >= 11 is 0. The standard InChI is InChI=1S/C14H12B2O4/c17-15(18)11-5-6-13-10(7-11)2-1-9-3-4-12(16(19)20)8-14(9)13/h1-8,17-20H. The van der Waals surface area contributed by atoms with E-state index in [4.69, 9.17) is 0 Å². The van der Waals surface area contributed by atoms with E-state index >= 15 is 0 Å². The van der Waals surface area contributed by atoms with Gasteiger partial charge in [0.05, 0.1) is 0 Å². The van der Waals surface area contributed by atoms with Crippen LogP contribution in [0.1, 0.15) is 0 Å². The molecule has 0 unspecified atom stereocenters. The number of fused-ring (bicyclic) bond motifs is 3. The molecule has 3 aromatic rings. The molecule has 0 saturated carbocycles. The molecular formula is C14H12B2O4. The first-order valence-corrected chi connectivity index (χ1v) is 6.25. The highest BCUT2D eigenvalue weighted by atomic mass is 16.4. The molecule has 6 heteroatoms. The lowest BCUT2D eigenvalue weighted by molar-refractivity contribution is 0.424. The summed E-state index contributed by atoms with van der Waals surface area (Å²) in [4.78, 5) is 0. The van der Waals surface area contributed by atoms with Crippen LogP contribution in [0, 0.1) is 0 Å². The minimum atomic E-state index is -1.51. The number of benzene rings is 3. The Bertz CT molecular complexity index is 787. The summed E-state index contributed by atoms with van der Waals surface area (Å²) in [5, 5.41) is 40.6. The Morgan fingerprint density at radius 1 is 0.550 bits per heavy atom. The van der Waals surface area contributed by atoms with Crippen molar-refractivity contribution in [2.24, 2.45) is 0 Å². The highest BCUT2D eigenvalue weighted by Crippen LogP contribution is 2.24. The fraction of sp³-hybridized carbons (Fsp3) is 0. The zero-order valence-corrected chi connectivity index (χ0v) is 10.6. The molecule has 0 spiro atoms. The number of hydrogen-bond donors (Lipinski definition) is 4. The first-order valence-electron chi connectivity index (χ1n) is 6.25. The van der Waals surface area contributed by atoms with Crippen molar-refractivity contribution in [3.8, 4) is 0 Å². The molecule has 0 aromatic heterocycles. The third-order valence-corrected chi connectivity index (χ3v) is 3.48. The zero-order valence-electron chi connectivity index (χ0n) is 10.6. The largest absolute Gasteiger partial charge is 0.488 e. The van der Waals surface area contributed by atoms with Crippen LogP contribution < -0.4 is 10.9 Å². The first kappa shape index (κ1) is 13.1. The molecule has 0 atom stereocenters. The molecule has 3 rings (SSSR count). The minimum Gasteiger partial charge on any atom is -0.423 e. The molecule has 0 aliphatic heterocycles. The second kappa shape index (κ2) is 4.92. The van der Waals surface area contributed by atoms with E-state index in [1.807, 2.05) is 18.2 Å².